The van der Waals surface area contributed by atoms with Gasteiger partial charge in [-0.1, -0.05) is 12.1 Å². The zero-order valence-electron chi connectivity index (χ0n) is 12.3. The Morgan fingerprint density at radius 3 is 2.90 bits per heavy atom. The van der Waals surface area contributed by atoms with Crippen LogP contribution in [0, 0.1) is 0 Å². The number of ether oxygens (including phenoxy) is 1. The van der Waals surface area contributed by atoms with E-state index >= 15 is 0 Å². The highest BCUT2D eigenvalue weighted by Gasteiger charge is 2.33. The van der Waals surface area contributed by atoms with Crippen LogP contribution in [-0.2, 0) is 4.79 Å². The monoisotopic (exact) mass is 277 g/mol. The molecule has 0 radical (unpaired) electrons. The summed E-state index contributed by atoms with van der Waals surface area (Å²) in [5, 5.41) is 3.05. The predicted molar refractivity (Wildman–Crippen MR) is 78.6 cm³/mol. The molecule has 1 heterocycles. The fourth-order valence-corrected chi connectivity index (χ4v) is 2.65. The molecule has 0 unspecified atom stereocenters. The zero-order valence-corrected chi connectivity index (χ0v) is 12.3. The third-order valence-electron chi connectivity index (χ3n) is 3.84. The van der Waals surface area contributed by atoms with Crippen molar-refractivity contribution in [3.05, 3.63) is 29.8 Å². The Morgan fingerprint density at radius 1 is 1.55 bits per heavy atom. The fourth-order valence-electron chi connectivity index (χ4n) is 2.65. The van der Waals surface area contributed by atoms with Gasteiger partial charge < -0.3 is 15.8 Å². The van der Waals surface area contributed by atoms with Gasteiger partial charge in [0.15, 0.2) is 0 Å². The molecule has 5 heteroatoms. The molecule has 0 saturated carbocycles. The van der Waals surface area contributed by atoms with E-state index in [1.54, 1.807) is 7.11 Å². The molecule has 0 bridgehead atoms. The number of carbonyl (C=O) groups excluding carboxylic acids is 1. The average molecular weight is 277 g/mol. The third kappa shape index (κ3) is 3.29. The maximum Gasteiger partial charge on any atom is 0.237 e. The first-order chi connectivity index (χ1) is 9.51. The number of nitrogens with two attached hydrogens (primary N) is 1. The number of hydrogen-bond donors (Lipinski definition) is 2. The van der Waals surface area contributed by atoms with Gasteiger partial charge in [-0.05, 0) is 38.1 Å². The Balaban J connectivity index is 2.00. The molecule has 2 rings (SSSR count). The summed E-state index contributed by atoms with van der Waals surface area (Å²) in [5.41, 5.74) is 6.93. The average Bonchev–Trinajstić information content (AvgIpc) is 2.77. The molecule has 1 aliphatic rings. The van der Waals surface area contributed by atoms with E-state index in [4.69, 9.17) is 10.5 Å². The Hall–Kier alpha value is -1.59. The molecule has 110 valence electrons. The van der Waals surface area contributed by atoms with Crippen LogP contribution in [0.15, 0.2) is 24.3 Å². The van der Waals surface area contributed by atoms with Gasteiger partial charge in [0.05, 0.1) is 19.2 Å². The van der Waals surface area contributed by atoms with Gasteiger partial charge in [0, 0.05) is 12.6 Å². The molecule has 1 aromatic carbocycles. The topological polar surface area (TPSA) is 67.6 Å². The molecule has 3 N–H and O–H groups in total. The first-order valence-corrected chi connectivity index (χ1v) is 6.91. The Labute approximate surface area is 120 Å². The number of likely N-dealkylation sites (N-methyl/N-ethyl adjacent to an activating group) is 1. The summed E-state index contributed by atoms with van der Waals surface area (Å²) in [5.74, 6) is 0.833. The summed E-state index contributed by atoms with van der Waals surface area (Å²) in [4.78, 5) is 14.3. The number of hydrogen-bond acceptors (Lipinski definition) is 4. The summed E-state index contributed by atoms with van der Waals surface area (Å²) in [7, 11) is 3.57. The van der Waals surface area contributed by atoms with Crippen molar-refractivity contribution in [1.82, 2.24) is 10.2 Å². The first-order valence-electron chi connectivity index (χ1n) is 6.91. The number of carbonyl (C=O) groups is 1. The number of rotatable bonds is 4. The Kier molecular flexibility index (Phi) is 4.62. The van der Waals surface area contributed by atoms with Crippen molar-refractivity contribution in [2.75, 3.05) is 20.7 Å². The lowest BCUT2D eigenvalue weighted by atomic mass is 10.1. The van der Waals surface area contributed by atoms with Crippen molar-refractivity contribution < 1.29 is 9.53 Å². The van der Waals surface area contributed by atoms with Crippen molar-refractivity contribution >= 4 is 5.91 Å². The number of benzene rings is 1. The lowest BCUT2D eigenvalue weighted by Gasteiger charge is -2.22. The van der Waals surface area contributed by atoms with Crippen molar-refractivity contribution in [3.63, 3.8) is 0 Å². The number of likely N-dealkylation sites (tertiary alicyclic amines) is 1. The van der Waals surface area contributed by atoms with Crippen LogP contribution < -0.4 is 15.8 Å². The number of nitrogens with zero attached hydrogens (tertiary/aromatic N) is 1. The van der Waals surface area contributed by atoms with Crippen LogP contribution in [0.2, 0.25) is 0 Å². The van der Waals surface area contributed by atoms with Gasteiger partial charge in [-0.25, -0.2) is 0 Å². The van der Waals surface area contributed by atoms with Crippen LogP contribution >= 0.6 is 0 Å². The van der Waals surface area contributed by atoms with E-state index in [0.29, 0.717) is 6.42 Å². The molecule has 1 aliphatic heterocycles. The van der Waals surface area contributed by atoms with E-state index in [1.165, 1.54) is 0 Å². The van der Waals surface area contributed by atoms with E-state index in [0.717, 1.165) is 17.9 Å². The summed E-state index contributed by atoms with van der Waals surface area (Å²) in [6.45, 7) is 2.74. The summed E-state index contributed by atoms with van der Waals surface area (Å²) in [6, 6.07) is 7.65. The Bertz CT molecular complexity index is 478. The van der Waals surface area contributed by atoms with Crippen LogP contribution in [0.4, 0.5) is 0 Å². The molecule has 3 atom stereocenters. The van der Waals surface area contributed by atoms with E-state index in [1.807, 2.05) is 43.1 Å². The molecule has 0 spiro atoms. The van der Waals surface area contributed by atoms with Crippen molar-refractivity contribution in [1.29, 1.82) is 0 Å². The molecule has 1 aromatic rings. The molecular formula is C15H23N3O2. The molecule has 1 fully saturated rings. The van der Waals surface area contributed by atoms with Gasteiger partial charge >= 0.3 is 0 Å². The SMILES string of the molecule is COc1cccc([C@@H](C)NC(=O)[C@@H]2C[C@H](N)CN2C)c1. The van der Waals surface area contributed by atoms with Crippen LogP contribution in [-0.4, -0.2) is 43.6 Å². The quantitative estimate of drug-likeness (QED) is 0.858. The number of methoxy groups -OCH3 is 1. The molecule has 0 aromatic heterocycles. The summed E-state index contributed by atoms with van der Waals surface area (Å²) >= 11 is 0. The van der Waals surface area contributed by atoms with Gasteiger partial charge in [-0.15, -0.1) is 0 Å². The summed E-state index contributed by atoms with van der Waals surface area (Å²) < 4.78 is 5.20. The second-order valence-electron chi connectivity index (χ2n) is 5.46. The first kappa shape index (κ1) is 14.8. The molecule has 20 heavy (non-hydrogen) atoms. The zero-order chi connectivity index (χ0) is 14.7. The highest BCUT2D eigenvalue weighted by molar-refractivity contribution is 5.82. The number of nitrogens with one attached hydrogen (secondary N) is 1. The fraction of sp³-hybridized carbons (Fsp3) is 0.533. The normalized spacial score (nSPS) is 24.4. The van der Waals surface area contributed by atoms with Gasteiger partial charge in [-0.2, -0.15) is 0 Å². The lowest BCUT2D eigenvalue weighted by Crippen LogP contribution is -2.42. The predicted octanol–water partition coefficient (Wildman–Crippen LogP) is 0.904. The number of amides is 1. The molecule has 5 nitrogen and oxygen atoms in total. The minimum absolute atomic E-state index is 0.0377. The van der Waals surface area contributed by atoms with Crippen molar-refractivity contribution in [2.24, 2.45) is 5.73 Å². The molecule has 1 amide bonds. The second kappa shape index (κ2) is 6.24. The molecule has 0 aliphatic carbocycles. The maximum absolute atomic E-state index is 12.3. The van der Waals surface area contributed by atoms with Crippen LogP contribution in [0.25, 0.3) is 0 Å². The van der Waals surface area contributed by atoms with Gasteiger partial charge in [0.1, 0.15) is 5.75 Å². The van der Waals surface area contributed by atoms with E-state index < -0.39 is 0 Å². The highest BCUT2D eigenvalue weighted by atomic mass is 16.5. The Morgan fingerprint density at radius 2 is 2.30 bits per heavy atom. The van der Waals surface area contributed by atoms with Crippen LogP contribution in [0.3, 0.4) is 0 Å². The second-order valence-corrected chi connectivity index (χ2v) is 5.46. The van der Waals surface area contributed by atoms with Gasteiger partial charge in [0.25, 0.3) is 0 Å². The molecule has 1 saturated heterocycles. The van der Waals surface area contributed by atoms with Gasteiger partial charge in [-0.3, -0.25) is 9.69 Å². The highest BCUT2D eigenvalue weighted by Crippen LogP contribution is 2.20. The maximum atomic E-state index is 12.3. The van der Waals surface area contributed by atoms with E-state index in [9.17, 15) is 4.79 Å². The van der Waals surface area contributed by atoms with E-state index in [2.05, 4.69) is 5.32 Å². The van der Waals surface area contributed by atoms with Crippen molar-refractivity contribution in [2.45, 2.75) is 31.5 Å². The minimum atomic E-state index is -0.127. The van der Waals surface area contributed by atoms with Crippen LogP contribution in [0.1, 0.15) is 24.9 Å². The van der Waals surface area contributed by atoms with Gasteiger partial charge in [0.2, 0.25) is 5.91 Å². The standard InChI is InChI=1S/C15H23N3O2/c1-10(11-5-4-6-13(7-11)20-3)17-15(19)14-8-12(16)9-18(14)2/h4-7,10,12,14H,8-9,16H2,1-3H3,(H,17,19)/t10-,12+,14+/m1/s1. The van der Waals surface area contributed by atoms with Crippen LogP contribution in [0.5, 0.6) is 5.75 Å². The summed E-state index contributed by atoms with van der Waals surface area (Å²) in [6.07, 6.45) is 0.715. The van der Waals surface area contributed by atoms with Crippen molar-refractivity contribution in [3.8, 4) is 5.75 Å². The lowest BCUT2D eigenvalue weighted by molar-refractivity contribution is -0.125. The largest absolute Gasteiger partial charge is 0.497 e. The molecular weight excluding hydrogens is 254 g/mol. The third-order valence-corrected chi connectivity index (χ3v) is 3.84. The smallest absolute Gasteiger partial charge is 0.237 e. The van der Waals surface area contributed by atoms with E-state index in [-0.39, 0.29) is 24.0 Å². The minimum Gasteiger partial charge on any atom is -0.497 e.